The summed E-state index contributed by atoms with van der Waals surface area (Å²) >= 11 is 0. The molecule has 1 aromatic rings. The molecule has 1 fully saturated rings. The summed E-state index contributed by atoms with van der Waals surface area (Å²) in [6, 6.07) is 0.945. The standard InChI is InChI=1S/C11H15F3N4/c1-17-2-4-18(5-3-17)10-9(11(12,13)14)6-8(15)7-16-10/h6-7H,2-5,15H2,1H3. The van der Waals surface area contributed by atoms with Gasteiger partial charge in [-0.3, -0.25) is 0 Å². The van der Waals surface area contributed by atoms with Crippen molar-refractivity contribution in [2.24, 2.45) is 0 Å². The lowest BCUT2D eigenvalue weighted by molar-refractivity contribution is -0.137. The van der Waals surface area contributed by atoms with Gasteiger partial charge >= 0.3 is 6.18 Å². The van der Waals surface area contributed by atoms with Crippen molar-refractivity contribution in [2.45, 2.75) is 6.18 Å². The van der Waals surface area contributed by atoms with Gasteiger partial charge in [0.1, 0.15) is 11.4 Å². The molecule has 1 aromatic heterocycles. The van der Waals surface area contributed by atoms with Gasteiger partial charge in [0, 0.05) is 26.2 Å². The van der Waals surface area contributed by atoms with E-state index in [9.17, 15) is 13.2 Å². The number of piperazine rings is 1. The summed E-state index contributed by atoms with van der Waals surface area (Å²) in [5.41, 5.74) is 4.66. The Morgan fingerprint density at radius 2 is 1.83 bits per heavy atom. The van der Waals surface area contributed by atoms with Crippen LogP contribution in [0.1, 0.15) is 5.56 Å². The van der Waals surface area contributed by atoms with Crippen LogP contribution in [0.5, 0.6) is 0 Å². The van der Waals surface area contributed by atoms with Crippen LogP contribution in [0.25, 0.3) is 0 Å². The summed E-state index contributed by atoms with van der Waals surface area (Å²) in [7, 11) is 1.94. The fourth-order valence-electron chi connectivity index (χ4n) is 1.95. The van der Waals surface area contributed by atoms with Crippen LogP contribution < -0.4 is 10.6 Å². The van der Waals surface area contributed by atoms with E-state index in [4.69, 9.17) is 5.73 Å². The Bertz CT molecular complexity index is 425. The third-order valence-electron chi connectivity index (χ3n) is 3.00. The van der Waals surface area contributed by atoms with Crippen LogP contribution in [-0.2, 0) is 6.18 Å². The fraction of sp³-hybridized carbons (Fsp3) is 0.545. The second kappa shape index (κ2) is 4.64. The highest BCUT2D eigenvalue weighted by Gasteiger charge is 2.36. The molecule has 7 heteroatoms. The number of nitrogens with two attached hydrogens (primary N) is 1. The molecular formula is C11H15F3N4. The number of rotatable bonds is 1. The van der Waals surface area contributed by atoms with Gasteiger partial charge in [0.2, 0.25) is 0 Å². The molecule has 0 saturated carbocycles. The lowest BCUT2D eigenvalue weighted by atomic mass is 10.2. The van der Waals surface area contributed by atoms with Crippen molar-refractivity contribution >= 4 is 11.5 Å². The molecule has 0 aliphatic carbocycles. The molecule has 1 aliphatic heterocycles. The maximum atomic E-state index is 12.9. The largest absolute Gasteiger partial charge is 0.420 e. The monoisotopic (exact) mass is 260 g/mol. The Balaban J connectivity index is 2.32. The first kappa shape index (κ1) is 12.9. The first-order valence-electron chi connectivity index (χ1n) is 5.64. The van der Waals surface area contributed by atoms with Crippen molar-refractivity contribution in [3.63, 3.8) is 0 Å². The minimum absolute atomic E-state index is 0.0233. The number of alkyl halides is 3. The first-order valence-corrected chi connectivity index (χ1v) is 5.64. The van der Waals surface area contributed by atoms with Crippen LogP contribution in [0.3, 0.4) is 0 Å². The summed E-state index contributed by atoms with van der Waals surface area (Å²) < 4.78 is 38.8. The molecule has 1 saturated heterocycles. The Labute approximate surface area is 103 Å². The second-order valence-corrected chi connectivity index (χ2v) is 4.43. The molecule has 18 heavy (non-hydrogen) atoms. The van der Waals surface area contributed by atoms with E-state index in [-0.39, 0.29) is 11.5 Å². The summed E-state index contributed by atoms with van der Waals surface area (Å²) in [6.45, 7) is 2.53. The second-order valence-electron chi connectivity index (χ2n) is 4.43. The van der Waals surface area contributed by atoms with Gasteiger partial charge in [0.25, 0.3) is 0 Å². The number of nitrogens with zero attached hydrogens (tertiary/aromatic N) is 3. The van der Waals surface area contributed by atoms with Gasteiger partial charge in [0.15, 0.2) is 0 Å². The molecule has 0 bridgehead atoms. The maximum Gasteiger partial charge on any atom is 0.420 e. The number of aromatic nitrogens is 1. The molecule has 4 nitrogen and oxygen atoms in total. The number of halogens is 3. The van der Waals surface area contributed by atoms with Gasteiger partial charge in [-0.05, 0) is 13.1 Å². The van der Waals surface area contributed by atoms with Crippen LogP contribution in [0.4, 0.5) is 24.7 Å². The van der Waals surface area contributed by atoms with Crippen LogP contribution in [0.2, 0.25) is 0 Å². The Hall–Kier alpha value is -1.50. The van der Waals surface area contributed by atoms with Crippen molar-refractivity contribution < 1.29 is 13.2 Å². The number of hydrogen-bond donors (Lipinski definition) is 1. The molecule has 2 rings (SSSR count). The smallest absolute Gasteiger partial charge is 0.397 e. The van der Waals surface area contributed by atoms with Crippen molar-refractivity contribution in [3.8, 4) is 0 Å². The molecule has 0 amide bonds. The number of pyridine rings is 1. The highest BCUT2D eigenvalue weighted by atomic mass is 19.4. The molecule has 0 aromatic carbocycles. The van der Waals surface area contributed by atoms with Crippen LogP contribution in [0, 0.1) is 0 Å². The quantitative estimate of drug-likeness (QED) is 0.829. The van der Waals surface area contributed by atoms with Crippen LogP contribution in [-0.4, -0.2) is 43.1 Å². The third kappa shape index (κ3) is 2.66. The van der Waals surface area contributed by atoms with Crippen molar-refractivity contribution in [1.29, 1.82) is 0 Å². The zero-order valence-electron chi connectivity index (χ0n) is 10.0. The predicted octanol–water partition coefficient (Wildman–Crippen LogP) is 1.43. The molecule has 0 unspecified atom stereocenters. The topological polar surface area (TPSA) is 45.4 Å². The van der Waals surface area contributed by atoms with E-state index in [0.717, 1.165) is 19.2 Å². The number of nitrogen functional groups attached to an aromatic ring is 1. The van der Waals surface area contributed by atoms with E-state index in [2.05, 4.69) is 9.88 Å². The molecule has 1 aliphatic rings. The van der Waals surface area contributed by atoms with E-state index in [1.54, 1.807) is 4.90 Å². The Kier molecular flexibility index (Phi) is 3.34. The summed E-state index contributed by atoms with van der Waals surface area (Å²) in [6.07, 6.45) is -3.16. The lowest BCUT2D eigenvalue weighted by Crippen LogP contribution is -2.45. The zero-order chi connectivity index (χ0) is 13.3. The summed E-state index contributed by atoms with van der Waals surface area (Å²) in [4.78, 5) is 7.58. The molecule has 100 valence electrons. The van der Waals surface area contributed by atoms with Gasteiger partial charge in [0.05, 0.1) is 11.9 Å². The van der Waals surface area contributed by atoms with E-state index in [1.807, 2.05) is 7.05 Å². The fourth-order valence-corrected chi connectivity index (χ4v) is 1.95. The average Bonchev–Trinajstić information content (AvgIpc) is 2.29. The molecule has 0 spiro atoms. The minimum Gasteiger partial charge on any atom is -0.397 e. The van der Waals surface area contributed by atoms with Crippen molar-refractivity contribution in [3.05, 3.63) is 17.8 Å². The highest BCUT2D eigenvalue weighted by Crippen LogP contribution is 2.36. The van der Waals surface area contributed by atoms with E-state index >= 15 is 0 Å². The van der Waals surface area contributed by atoms with Gasteiger partial charge in [-0.1, -0.05) is 0 Å². The van der Waals surface area contributed by atoms with Crippen LogP contribution >= 0.6 is 0 Å². The van der Waals surface area contributed by atoms with Gasteiger partial charge in [-0.2, -0.15) is 13.2 Å². The number of likely N-dealkylation sites (N-methyl/N-ethyl adjacent to an activating group) is 1. The van der Waals surface area contributed by atoms with Crippen molar-refractivity contribution in [1.82, 2.24) is 9.88 Å². The first-order chi connectivity index (χ1) is 8.38. The van der Waals surface area contributed by atoms with E-state index in [0.29, 0.717) is 13.1 Å². The van der Waals surface area contributed by atoms with E-state index < -0.39 is 11.7 Å². The minimum atomic E-state index is -4.43. The molecular weight excluding hydrogens is 245 g/mol. The Morgan fingerprint density at radius 1 is 1.22 bits per heavy atom. The van der Waals surface area contributed by atoms with Gasteiger partial charge in [-0.15, -0.1) is 0 Å². The normalized spacial score (nSPS) is 18.1. The predicted molar refractivity (Wildman–Crippen MR) is 63.4 cm³/mol. The third-order valence-corrected chi connectivity index (χ3v) is 3.00. The number of hydrogen-bond acceptors (Lipinski definition) is 4. The molecule has 0 atom stereocenters. The zero-order valence-corrected chi connectivity index (χ0v) is 10.0. The summed E-state index contributed by atoms with van der Waals surface area (Å²) in [5.74, 6) is -0.0233. The van der Waals surface area contributed by atoms with Gasteiger partial charge < -0.3 is 15.5 Å². The maximum absolute atomic E-state index is 12.9. The average molecular weight is 260 g/mol. The van der Waals surface area contributed by atoms with Crippen LogP contribution in [0.15, 0.2) is 12.3 Å². The summed E-state index contributed by atoms with van der Waals surface area (Å²) in [5, 5.41) is 0. The SMILES string of the molecule is CN1CCN(c2ncc(N)cc2C(F)(F)F)CC1. The Morgan fingerprint density at radius 3 is 2.39 bits per heavy atom. The van der Waals surface area contributed by atoms with Crippen molar-refractivity contribution in [2.75, 3.05) is 43.9 Å². The van der Waals surface area contributed by atoms with Gasteiger partial charge in [-0.25, -0.2) is 4.98 Å². The highest BCUT2D eigenvalue weighted by molar-refractivity contribution is 5.55. The van der Waals surface area contributed by atoms with E-state index in [1.165, 1.54) is 6.20 Å². The number of anilines is 2. The molecule has 0 radical (unpaired) electrons. The molecule has 2 N–H and O–H groups in total. The lowest BCUT2D eigenvalue weighted by Gasteiger charge is -2.34. The molecule has 2 heterocycles.